The van der Waals surface area contributed by atoms with Crippen LogP contribution < -0.4 is 4.90 Å². The molecule has 0 bridgehead atoms. The topological polar surface area (TPSA) is 37.4 Å². The molecule has 1 amide bonds. The van der Waals surface area contributed by atoms with Crippen LogP contribution in [0.1, 0.15) is 22.8 Å². The van der Waals surface area contributed by atoms with Crippen molar-refractivity contribution in [2.75, 3.05) is 4.90 Å². The van der Waals surface area contributed by atoms with E-state index >= 15 is 0 Å². The summed E-state index contributed by atoms with van der Waals surface area (Å²) in [5, 5.41) is 0. The Morgan fingerprint density at radius 3 is 1.88 bits per heavy atom. The van der Waals surface area contributed by atoms with Crippen molar-refractivity contribution in [3.63, 3.8) is 0 Å². The molecule has 0 N–H and O–H groups in total. The van der Waals surface area contributed by atoms with Crippen molar-refractivity contribution in [3.8, 4) is 0 Å². The van der Waals surface area contributed by atoms with Gasteiger partial charge in [-0.15, -0.1) is 0 Å². The molecular formula is C23H19NO2. The van der Waals surface area contributed by atoms with Crippen molar-refractivity contribution in [1.82, 2.24) is 0 Å². The molecule has 1 heterocycles. The Morgan fingerprint density at radius 2 is 1.31 bits per heavy atom. The number of anilines is 1. The van der Waals surface area contributed by atoms with Gasteiger partial charge in [-0.3, -0.25) is 14.5 Å². The van der Waals surface area contributed by atoms with Crippen LogP contribution in [0.25, 0.3) is 0 Å². The second kappa shape index (κ2) is 6.26. The van der Waals surface area contributed by atoms with Gasteiger partial charge in [0.2, 0.25) is 5.91 Å². The summed E-state index contributed by atoms with van der Waals surface area (Å²) in [6.07, 6.45) is 0. The first kappa shape index (κ1) is 16.3. The van der Waals surface area contributed by atoms with Gasteiger partial charge in [0, 0.05) is 11.3 Å². The maximum Gasteiger partial charge on any atom is 0.234 e. The molecule has 0 saturated carbocycles. The smallest absolute Gasteiger partial charge is 0.234 e. The molecule has 2 unspecified atom stereocenters. The average molecular weight is 341 g/mol. The molecule has 128 valence electrons. The summed E-state index contributed by atoms with van der Waals surface area (Å²) in [7, 11) is 0. The zero-order valence-electron chi connectivity index (χ0n) is 14.5. The zero-order valence-corrected chi connectivity index (χ0v) is 14.5. The fraction of sp³-hybridized carbons (Fsp3) is 0.130. The molecule has 4 rings (SSSR count). The minimum absolute atomic E-state index is 0.0377. The van der Waals surface area contributed by atoms with Crippen molar-refractivity contribution in [2.45, 2.75) is 12.5 Å². The van der Waals surface area contributed by atoms with E-state index in [1.54, 1.807) is 4.90 Å². The summed E-state index contributed by atoms with van der Waals surface area (Å²) in [5.74, 6) is -0.526. The molecule has 1 aliphatic rings. The lowest BCUT2D eigenvalue weighted by Crippen LogP contribution is -2.72. The highest BCUT2D eigenvalue weighted by Crippen LogP contribution is 2.50. The standard InChI is InChI=1S/C23H19NO2/c1-17-22(26)24(20-15-9-4-10-16-20)23(17,19-13-7-3-8-14-19)21(25)18-11-5-2-6-12-18/h2-17H,1H3. The van der Waals surface area contributed by atoms with E-state index in [0.717, 1.165) is 11.3 Å². The van der Waals surface area contributed by atoms with Crippen LogP contribution in [0, 0.1) is 5.92 Å². The number of hydrogen-bond acceptors (Lipinski definition) is 2. The third kappa shape index (κ3) is 2.21. The lowest BCUT2D eigenvalue weighted by molar-refractivity contribution is -0.132. The number of rotatable bonds is 4. The number of carbonyl (C=O) groups is 2. The van der Waals surface area contributed by atoms with E-state index in [-0.39, 0.29) is 11.7 Å². The molecule has 0 aliphatic carbocycles. The van der Waals surface area contributed by atoms with Crippen LogP contribution in [0.3, 0.4) is 0 Å². The first-order chi connectivity index (χ1) is 12.7. The Balaban J connectivity index is 1.94. The molecule has 3 nitrogen and oxygen atoms in total. The zero-order chi connectivity index (χ0) is 18.1. The summed E-state index contributed by atoms with van der Waals surface area (Å²) < 4.78 is 0. The van der Waals surface area contributed by atoms with Gasteiger partial charge in [-0.1, -0.05) is 85.8 Å². The Bertz CT molecular complexity index is 938. The summed E-state index contributed by atoms with van der Waals surface area (Å²) in [6.45, 7) is 1.84. The van der Waals surface area contributed by atoms with E-state index in [1.165, 1.54) is 0 Å². The van der Waals surface area contributed by atoms with E-state index in [0.29, 0.717) is 5.56 Å². The van der Waals surface area contributed by atoms with Crippen LogP contribution in [0.15, 0.2) is 91.0 Å². The molecule has 2 atom stereocenters. The Labute approximate surface area is 152 Å². The first-order valence-corrected chi connectivity index (χ1v) is 8.72. The number of nitrogens with zero attached hydrogens (tertiary/aromatic N) is 1. The highest BCUT2D eigenvalue weighted by atomic mass is 16.2. The van der Waals surface area contributed by atoms with Gasteiger partial charge in [-0.2, -0.15) is 0 Å². The largest absolute Gasteiger partial charge is 0.294 e. The Hall–Kier alpha value is -3.20. The minimum Gasteiger partial charge on any atom is -0.294 e. The van der Waals surface area contributed by atoms with Crippen molar-refractivity contribution < 1.29 is 9.59 Å². The van der Waals surface area contributed by atoms with Gasteiger partial charge in [0.25, 0.3) is 0 Å². The predicted octanol–water partition coefficient (Wildman–Crippen LogP) is 4.45. The number of carbonyl (C=O) groups excluding carboxylic acids is 2. The van der Waals surface area contributed by atoms with Crippen LogP contribution in [0.2, 0.25) is 0 Å². The van der Waals surface area contributed by atoms with Crippen LogP contribution >= 0.6 is 0 Å². The molecule has 3 aromatic rings. The van der Waals surface area contributed by atoms with Gasteiger partial charge < -0.3 is 0 Å². The van der Waals surface area contributed by atoms with Crippen molar-refractivity contribution >= 4 is 17.4 Å². The molecular weight excluding hydrogens is 322 g/mol. The quantitative estimate of drug-likeness (QED) is 0.519. The normalized spacial score (nSPS) is 22.0. The first-order valence-electron chi connectivity index (χ1n) is 8.72. The van der Waals surface area contributed by atoms with Gasteiger partial charge in [0.15, 0.2) is 5.78 Å². The number of β-lactam (4-membered cyclic amide) rings is 1. The lowest BCUT2D eigenvalue weighted by atomic mass is 9.65. The van der Waals surface area contributed by atoms with Gasteiger partial charge >= 0.3 is 0 Å². The van der Waals surface area contributed by atoms with E-state index in [4.69, 9.17) is 0 Å². The molecule has 1 aliphatic heterocycles. The van der Waals surface area contributed by atoms with E-state index < -0.39 is 11.5 Å². The van der Waals surface area contributed by atoms with Gasteiger partial charge in [-0.25, -0.2) is 0 Å². The van der Waals surface area contributed by atoms with E-state index in [9.17, 15) is 9.59 Å². The SMILES string of the molecule is CC1C(=O)N(c2ccccc2)C1(C(=O)c1ccccc1)c1ccccc1. The minimum atomic E-state index is -1.03. The third-order valence-electron chi connectivity index (χ3n) is 5.18. The number of hydrogen-bond donors (Lipinski definition) is 0. The van der Waals surface area contributed by atoms with E-state index in [2.05, 4.69) is 0 Å². The number of para-hydroxylation sites is 1. The van der Waals surface area contributed by atoms with Crippen molar-refractivity contribution in [3.05, 3.63) is 102 Å². The average Bonchev–Trinajstić information content (AvgIpc) is 2.72. The molecule has 0 aromatic heterocycles. The van der Waals surface area contributed by atoms with Crippen LogP contribution in [0.4, 0.5) is 5.69 Å². The predicted molar refractivity (Wildman–Crippen MR) is 102 cm³/mol. The van der Waals surface area contributed by atoms with E-state index in [1.807, 2.05) is 97.9 Å². The molecule has 0 radical (unpaired) electrons. The molecule has 1 saturated heterocycles. The second-order valence-electron chi connectivity index (χ2n) is 6.56. The summed E-state index contributed by atoms with van der Waals surface area (Å²) in [4.78, 5) is 28.2. The lowest BCUT2D eigenvalue weighted by Gasteiger charge is -2.55. The second-order valence-corrected chi connectivity index (χ2v) is 6.56. The number of benzene rings is 3. The summed E-state index contributed by atoms with van der Waals surface area (Å²) in [5.41, 5.74) is 1.16. The Morgan fingerprint density at radius 1 is 0.808 bits per heavy atom. The highest BCUT2D eigenvalue weighted by molar-refractivity contribution is 6.20. The number of Topliss-reactive ketones (excluding diaryl/α,β-unsaturated/α-hetero) is 1. The summed E-state index contributed by atoms with van der Waals surface area (Å²) in [6, 6.07) is 28.2. The Kier molecular flexibility index (Phi) is 3.92. The maximum atomic E-state index is 13.7. The van der Waals surface area contributed by atoms with Crippen LogP contribution in [0.5, 0.6) is 0 Å². The molecule has 26 heavy (non-hydrogen) atoms. The maximum absolute atomic E-state index is 13.7. The third-order valence-corrected chi connectivity index (χ3v) is 5.18. The highest BCUT2D eigenvalue weighted by Gasteiger charge is 2.63. The van der Waals surface area contributed by atoms with Crippen molar-refractivity contribution in [1.29, 1.82) is 0 Å². The van der Waals surface area contributed by atoms with Gasteiger partial charge in [-0.05, 0) is 17.7 Å². The number of amides is 1. The molecule has 0 spiro atoms. The van der Waals surface area contributed by atoms with Crippen LogP contribution in [-0.2, 0) is 10.3 Å². The molecule has 3 aromatic carbocycles. The van der Waals surface area contributed by atoms with Gasteiger partial charge in [0.05, 0.1) is 5.92 Å². The molecule has 1 fully saturated rings. The van der Waals surface area contributed by atoms with Crippen LogP contribution in [-0.4, -0.2) is 11.7 Å². The fourth-order valence-electron chi connectivity index (χ4n) is 3.89. The van der Waals surface area contributed by atoms with Gasteiger partial charge in [0.1, 0.15) is 5.54 Å². The monoisotopic (exact) mass is 341 g/mol. The van der Waals surface area contributed by atoms with Crippen molar-refractivity contribution in [2.24, 2.45) is 5.92 Å². The fourth-order valence-corrected chi connectivity index (χ4v) is 3.89. The molecule has 3 heteroatoms. The summed E-state index contributed by atoms with van der Waals surface area (Å²) >= 11 is 0. The number of ketones is 1.